The van der Waals surface area contributed by atoms with E-state index in [0.717, 1.165) is 35.7 Å². The molecule has 0 amide bonds. The third-order valence-corrected chi connectivity index (χ3v) is 4.45. The normalized spacial score (nSPS) is 32.8. The van der Waals surface area contributed by atoms with Crippen LogP contribution in [0.5, 0.6) is 0 Å². The Bertz CT molecular complexity index is 596. The summed E-state index contributed by atoms with van der Waals surface area (Å²) < 4.78 is 1.80. The molecule has 3 fully saturated rings. The molecule has 4 nitrogen and oxygen atoms in total. The van der Waals surface area contributed by atoms with Crippen molar-refractivity contribution in [3.8, 4) is 5.69 Å². The van der Waals surface area contributed by atoms with Crippen molar-refractivity contribution < 1.29 is 0 Å². The van der Waals surface area contributed by atoms with Gasteiger partial charge in [0.1, 0.15) is 0 Å². The van der Waals surface area contributed by atoms with Crippen LogP contribution >= 0.6 is 11.6 Å². The molecule has 92 valence electrons. The van der Waals surface area contributed by atoms with Gasteiger partial charge in [-0.1, -0.05) is 16.8 Å². The van der Waals surface area contributed by atoms with Gasteiger partial charge in [-0.15, -0.1) is 5.10 Å². The van der Waals surface area contributed by atoms with Crippen molar-refractivity contribution >= 4 is 11.6 Å². The lowest BCUT2D eigenvalue weighted by Gasteiger charge is -2.68. The summed E-state index contributed by atoms with van der Waals surface area (Å²) >= 11 is 5.87. The zero-order valence-corrected chi connectivity index (χ0v) is 10.6. The number of halogens is 1. The summed E-state index contributed by atoms with van der Waals surface area (Å²) in [5, 5.41) is 9.22. The van der Waals surface area contributed by atoms with Gasteiger partial charge in [-0.25, -0.2) is 4.68 Å². The number of nitrogens with zero attached hydrogens (tertiary/aromatic N) is 3. The molecule has 5 heteroatoms. The van der Waals surface area contributed by atoms with E-state index in [2.05, 4.69) is 10.3 Å². The minimum absolute atomic E-state index is 0.101. The maximum atomic E-state index is 6.07. The average Bonchev–Trinajstić information content (AvgIpc) is 2.74. The fraction of sp³-hybridized carbons (Fsp3) is 0.385. The third-order valence-electron chi connectivity index (χ3n) is 4.20. The Kier molecular flexibility index (Phi) is 1.83. The van der Waals surface area contributed by atoms with E-state index < -0.39 is 0 Å². The molecule has 0 unspecified atom stereocenters. The number of rotatable bonds is 2. The van der Waals surface area contributed by atoms with Crippen molar-refractivity contribution in [2.45, 2.75) is 30.2 Å². The predicted molar refractivity (Wildman–Crippen MR) is 68.8 cm³/mol. The SMILES string of the molecule is NC12CC(c3cn(-c4ccc(Cl)cc4)nn3)(C1)C2. The first-order chi connectivity index (χ1) is 8.59. The van der Waals surface area contributed by atoms with Crippen molar-refractivity contribution in [1.82, 2.24) is 15.0 Å². The van der Waals surface area contributed by atoms with Gasteiger partial charge in [-0.3, -0.25) is 0 Å². The van der Waals surface area contributed by atoms with Gasteiger partial charge in [-0.2, -0.15) is 0 Å². The van der Waals surface area contributed by atoms with Crippen LogP contribution < -0.4 is 5.73 Å². The Labute approximate surface area is 110 Å². The van der Waals surface area contributed by atoms with Crippen LogP contribution in [0.15, 0.2) is 30.5 Å². The first-order valence-corrected chi connectivity index (χ1v) is 6.44. The van der Waals surface area contributed by atoms with Crippen molar-refractivity contribution in [3.63, 3.8) is 0 Å². The molecular weight excluding hydrogens is 248 g/mol. The van der Waals surface area contributed by atoms with Crippen LogP contribution in [0.25, 0.3) is 5.69 Å². The molecule has 3 aliphatic carbocycles. The molecule has 0 atom stereocenters. The lowest BCUT2D eigenvalue weighted by atomic mass is 9.39. The third kappa shape index (κ3) is 1.30. The van der Waals surface area contributed by atoms with Crippen LogP contribution in [0.3, 0.4) is 0 Å². The van der Waals surface area contributed by atoms with Gasteiger partial charge >= 0.3 is 0 Å². The zero-order chi connectivity index (χ0) is 12.4. The standard InChI is InChI=1S/C13H13ClN4/c14-9-1-3-10(4-2-9)18-5-11(16-17-18)12-6-13(15,7-12)8-12/h1-5H,6-8,15H2. The first kappa shape index (κ1) is 10.5. The van der Waals surface area contributed by atoms with Crippen LogP contribution in [-0.2, 0) is 5.41 Å². The second-order valence-electron chi connectivity index (χ2n) is 5.70. The predicted octanol–water partition coefficient (Wildman–Crippen LogP) is 2.05. The molecule has 2 bridgehead atoms. The molecule has 0 radical (unpaired) electrons. The lowest BCUT2D eigenvalue weighted by molar-refractivity contribution is -0.0620. The molecule has 2 N–H and O–H groups in total. The Morgan fingerprint density at radius 3 is 2.44 bits per heavy atom. The topological polar surface area (TPSA) is 56.7 Å². The second-order valence-corrected chi connectivity index (χ2v) is 6.13. The van der Waals surface area contributed by atoms with Crippen LogP contribution in [0.1, 0.15) is 25.0 Å². The van der Waals surface area contributed by atoms with Crippen LogP contribution in [-0.4, -0.2) is 20.5 Å². The molecule has 0 saturated heterocycles. The van der Waals surface area contributed by atoms with Gasteiger partial charge < -0.3 is 5.73 Å². The lowest BCUT2D eigenvalue weighted by Crippen LogP contribution is -2.74. The maximum absolute atomic E-state index is 6.07. The van der Waals surface area contributed by atoms with Gasteiger partial charge in [0.15, 0.2) is 0 Å². The van der Waals surface area contributed by atoms with E-state index in [-0.39, 0.29) is 11.0 Å². The van der Waals surface area contributed by atoms with E-state index in [0.29, 0.717) is 0 Å². The summed E-state index contributed by atoms with van der Waals surface area (Å²) in [6.07, 6.45) is 5.18. The van der Waals surface area contributed by atoms with Gasteiger partial charge in [0.25, 0.3) is 0 Å². The fourth-order valence-electron chi connectivity index (χ4n) is 3.36. The Morgan fingerprint density at radius 1 is 1.17 bits per heavy atom. The fourth-order valence-corrected chi connectivity index (χ4v) is 3.49. The summed E-state index contributed by atoms with van der Waals surface area (Å²) in [4.78, 5) is 0. The van der Waals surface area contributed by atoms with Gasteiger partial charge in [0.2, 0.25) is 0 Å². The molecule has 0 aliphatic heterocycles. The molecule has 5 rings (SSSR count). The minimum Gasteiger partial charge on any atom is -0.325 e. The van der Waals surface area contributed by atoms with E-state index in [1.54, 1.807) is 4.68 Å². The van der Waals surface area contributed by atoms with Crippen molar-refractivity contribution in [1.29, 1.82) is 0 Å². The second kappa shape index (κ2) is 3.13. The van der Waals surface area contributed by atoms with Crippen molar-refractivity contribution in [2.24, 2.45) is 5.73 Å². The van der Waals surface area contributed by atoms with Crippen LogP contribution in [0, 0.1) is 0 Å². The summed E-state index contributed by atoms with van der Waals surface area (Å²) in [5.74, 6) is 0. The molecule has 18 heavy (non-hydrogen) atoms. The molecule has 1 aromatic carbocycles. The highest BCUT2D eigenvalue weighted by molar-refractivity contribution is 6.30. The highest BCUT2D eigenvalue weighted by Gasteiger charge is 2.67. The van der Waals surface area contributed by atoms with Crippen LogP contribution in [0.2, 0.25) is 5.02 Å². The quantitative estimate of drug-likeness (QED) is 0.899. The van der Waals surface area contributed by atoms with Gasteiger partial charge in [0, 0.05) is 16.0 Å². The summed E-state index contributed by atoms with van der Waals surface area (Å²) in [7, 11) is 0. The maximum Gasteiger partial charge on any atom is 0.0895 e. The number of aromatic nitrogens is 3. The Hall–Kier alpha value is -1.39. The Morgan fingerprint density at radius 2 is 1.83 bits per heavy atom. The van der Waals surface area contributed by atoms with E-state index in [1.165, 1.54) is 0 Å². The van der Waals surface area contributed by atoms with Gasteiger partial charge in [0.05, 0.1) is 17.6 Å². The van der Waals surface area contributed by atoms with Crippen LogP contribution in [0.4, 0.5) is 0 Å². The molecule has 3 aliphatic rings. The highest BCUT2D eigenvalue weighted by Crippen LogP contribution is 2.65. The Balaban J connectivity index is 1.65. The summed E-state index contributed by atoms with van der Waals surface area (Å²) in [5.41, 5.74) is 8.45. The smallest absolute Gasteiger partial charge is 0.0895 e. The number of benzene rings is 1. The number of nitrogens with two attached hydrogens (primary N) is 1. The van der Waals surface area contributed by atoms with E-state index in [9.17, 15) is 0 Å². The summed E-state index contributed by atoms with van der Waals surface area (Å²) in [6.45, 7) is 0. The van der Waals surface area contributed by atoms with Gasteiger partial charge in [-0.05, 0) is 43.5 Å². The molecule has 1 heterocycles. The molecule has 1 aromatic heterocycles. The van der Waals surface area contributed by atoms with E-state index in [4.69, 9.17) is 17.3 Å². The highest BCUT2D eigenvalue weighted by atomic mass is 35.5. The molecule has 0 spiro atoms. The molecular formula is C13H13ClN4. The van der Waals surface area contributed by atoms with Crippen molar-refractivity contribution in [3.05, 3.63) is 41.2 Å². The first-order valence-electron chi connectivity index (χ1n) is 6.06. The zero-order valence-electron chi connectivity index (χ0n) is 9.81. The van der Waals surface area contributed by atoms with E-state index >= 15 is 0 Å². The largest absolute Gasteiger partial charge is 0.325 e. The van der Waals surface area contributed by atoms with Crippen molar-refractivity contribution in [2.75, 3.05) is 0 Å². The summed E-state index contributed by atoms with van der Waals surface area (Å²) in [6, 6.07) is 7.59. The molecule has 3 saturated carbocycles. The number of hydrogen-bond donors (Lipinski definition) is 1. The van der Waals surface area contributed by atoms with E-state index in [1.807, 2.05) is 30.5 Å². The monoisotopic (exact) mass is 260 g/mol. The number of hydrogen-bond acceptors (Lipinski definition) is 3. The average molecular weight is 261 g/mol. The minimum atomic E-state index is 0.101. The molecule has 2 aromatic rings.